The molecule has 2 heterocycles. The number of aliphatic hydroxyl groups is 1. The Labute approximate surface area is 110 Å². The first-order chi connectivity index (χ1) is 8.38. The van der Waals surface area contributed by atoms with Crippen LogP contribution in [0, 0.1) is 11.3 Å². The minimum atomic E-state index is -0.486. The minimum absolute atomic E-state index is 0.377. The molecule has 0 aliphatic carbocycles. The number of rotatable bonds is 2. The Hall–Kier alpha value is -1.09. The Morgan fingerprint density at radius 2 is 2.11 bits per heavy atom. The van der Waals surface area contributed by atoms with Crippen LogP contribution >= 0.6 is 0 Å². The van der Waals surface area contributed by atoms with Crippen molar-refractivity contribution in [2.24, 2.45) is 11.3 Å². The van der Waals surface area contributed by atoms with E-state index in [0.717, 1.165) is 24.7 Å². The summed E-state index contributed by atoms with van der Waals surface area (Å²) in [6.07, 6.45) is 2.65. The Morgan fingerprint density at radius 1 is 1.39 bits per heavy atom. The molecule has 0 radical (unpaired) electrons. The molecule has 3 nitrogen and oxygen atoms in total. The van der Waals surface area contributed by atoms with Crippen molar-refractivity contribution >= 4 is 5.69 Å². The van der Waals surface area contributed by atoms with Gasteiger partial charge in [-0.3, -0.25) is 4.98 Å². The van der Waals surface area contributed by atoms with E-state index in [1.807, 2.05) is 12.3 Å². The van der Waals surface area contributed by atoms with E-state index in [1.54, 1.807) is 6.92 Å². The number of pyridine rings is 1. The van der Waals surface area contributed by atoms with Crippen LogP contribution < -0.4 is 4.90 Å². The summed E-state index contributed by atoms with van der Waals surface area (Å²) < 4.78 is 0. The lowest BCUT2D eigenvalue weighted by atomic mass is 9.80. The molecule has 2 rings (SSSR count). The van der Waals surface area contributed by atoms with Gasteiger partial charge in [0, 0.05) is 13.1 Å². The Bertz CT molecular complexity index is 392. The van der Waals surface area contributed by atoms with Crippen LogP contribution in [0.5, 0.6) is 0 Å². The molecule has 1 N–H and O–H groups in total. The molecule has 1 fully saturated rings. The zero-order chi connectivity index (χ0) is 13.3. The van der Waals surface area contributed by atoms with Crippen LogP contribution in [0.25, 0.3) is 0 Å². The summed E-state index contributed by atoms with van der Waals surface area (Å²) in [4.78, 5) is 6.72. The molecule has 0 spiro atoms. The molecule has 0 amide bonds. The highest BCUT2D eigenvalue weighted by molar-refractivity contribution is 5.45. The first kappa shape index (κ1) is 13.3. The van der Waals surface area contributed by atoms with Crippen LogP contribution in [0.3, 0.4) is 0 Å². The smallest absolute Gasteiger partial charge is 0.0931 e. The van der Waals surface area contributed by atoms with Gasteiger partial charge in [-0.15, -0.1) is 0 Å². The van der Waals surface area contributed by atoms with E-state index in [9.17, 15) is 5.11 Å². The van der Waals surface area contributed by atoms with E-state index in [2.05, 4.69) is 36.7 Å². The first-order valence-electron chi connectivity index (χ1n) is 6.77. The second-order valence-electron chi connectivity index (χ2n) is 6.41. The molecule has 1 aliphatic heterocycles. The van der Waals surface area contributed by atoms with Crippen LogP contribution in [-0.4, -0.2) is 23.2 Å². The molecule has 1 aromatic heterocycles. The fourth-order valence-corrected chi connectivity index (χ4v) is 2.53. The molecule has 3 heteroatoms. The third kappa shape index (κ3) is 2.83. The topological polar surface area (TPSA) is 36.4 Å². The fraction of sp³-hybridized carbons (Fsp3) is 0.667. The van der Waals surface area contributed by atoms with Crippen molar-refractivity contribution in [2.75, 3.05) is 18.0 Å². The van der Waals surface area contributed by atoms with Gasteiger partial charge in [-0.05, 0) is 36.8 Å². The van der Waals surface area contributed by atoms with Gasteiger partial charge in [0.1, 0.15) is 0 Å². The van der Waals surface area contributed by atoms with Crippen LogP contribution in [0.4, 0.5) is 5.69 Å². The maximum atomic E-state index is 9.45. The van der Waals surface area contributed by atoms with Gasteiger partial charge >= 0.3 is 0 Å². The molecular weight excluding hydrogens is 224 g/mol. The third-order valence-corrected chi connectivity index (χ3v) is 3.98. The van der Waals surface area contributed by atoms with Crippen molar-refractivity contribution in [1.82, 2.24) is 4.98 Å². The van der Waals surface area contributed by atoms with E-state index in [-0.39, 0.29) is 0 Å². The van der Waals surface area contributed by atoms with Gasteiger partial charge in [0.2, 0.25) is 0 Å². The zero-order valence-corrected chi connectivity index (χ0v) is 11.8. The van der Waals surface area contributed by atoms with Crippen LogP contribution in [-0.2, 0) is 0 Å². The second kappa shape index (κ2) is 4.88. The molecule has 100 valence electrons. The summed E-state index contributed by atoms with van der Waals surface area (Å²) in [5.41, 5.74) is 2.29. The molecule has 1 saturated heterocycles. The van der Waals surface area contributed by atoms with Crippen LogP contribution in [0.1, 0.15) is 45.9 Å². The summed E-state index contributed by atoms with van der Waals surface area (Å²) in [6.45, 7) is 10.9. The summed E-state index contributed by atoms with van der Waals surface area (Å²) in [5.74, 6) is 0.744. The van der Waals surface area contributed by atoms with Crippen molar-refractivity contribution in [2.45, 2.75) is 40.2 Å². The van der Waals surface area contributed by atoms with E-state index >= 15 is 0 Å². The molecule has 18 heavy (non-hydrogen) atoms. The number of aromatic nitrogens is 1. The quantitative estimate of drug-likeness (QED) is 0.874. The summed E-state index contributed by atoms with van der Waals surface area (Å²) in [5, 5.41) is 9.45. The minimum Gasteiger partial charge on any atom is -0.387 e. The number of aliphatic hydroxyl groups excluding tert-OH is 1. The van der Waals surface area contributed by atoms with E-state index in [1.165, 1.54) is 12.1 Å². The van der Waals surface area contributed by atoms with E-state index < -0.39 is 6.10 Å². The number of hydrogen-bond donors (Lipinski definition) is 1. The standard InChI is InChI=1S/C15H24N2O/c1-11(18)14-6-5-13(9-16-14)17-8-7-12(10-17)15(2,3)4/h5-6,9,11-12,18H,7-8,10H2,1-4H3. The molecule has 2 atom stereocenters. The molecule has 1 aromatic rings. The van der Waals surface area contributed by atoms with Crippen molar-refractivity contribution in [3.63, 3.8) is 0 Å². The van der Waals surface area contributed by atoms with E-state index in [4.69, 9.17) is 0 Å². The van der Waals surface area contributed by atoms with Gasteiger partial charge in [0.25, 0.3) is 0 Å². The molecule has 2 unspecified atom stereocenters. The van der Waals surface area contributed by atoms with Gasteiger partial charge in [-0.1, -0.05) is 20.8 Å². The predicted octanol–water partition coefficient (Wildman–Crippen LogP) is 3.01. The second-order valence-corrected chi connectivity index (χ2v) is 6.41. The third-order valence-electron chi connectivity index (χ3n) is 3.98. The lowest BCUT2D eigenvalue weighted by Crippen LogP contribution is -2.25. The average Bonchev–Trinajstić information content (AvgIpc) is 2.78. The average molecular weight is 248 g/mol. The highest BCUT2D eigenvalue weighted by Crippen LogP contribution is 2.35. The van der Waals surface area contributed by atoms with Crippen LogP contribution in [0.2, 0.25) is 0 Å². The largest absolute Gasteiger partial charge is 0.387 e. The van der Waals surface area contributed by atoms with Crippen molar-refractivity contribution < 1.29 is 5.11 Å². The first-order valence-corrected chi connectivity index (χ1v) is 6.77. The predicted molar refractivity (Wildman–Crippen MR) is 74.6 cm³/mol. The number of nitrogens with zero attached hydrogens (tertiary/aromatic N) is 2. The molecule has 0 aromatic carbocycles. The monoisotopic (exact) mass is 248 g/mol. The molecule has 0 saturated carbocycles. The van der Waals surface area contributed by atoms with Gasteiger partial charge in [-0.2, -0.15) is 0 Å². The SMILES string of the molecule is CC(O)c1ccc(N2CCC(C(C)(C)C)C2)cn1. The normalized spacial score (nSPS) is 22.3. The summed E-state index contributed by atoms with van der Waals surface area (Å²) in [7, 11) is 0. The molecule has 1 aliphatic rings. The van der Waals surface area contributed by atoms with Crippen LogP contribution in [0.15, 0.2) is 18.3 Å². The fourth-order valence-electron chi connectivity index (χ4n) is 2.53. The summed E-state index contributed by atoms with van der Waals surface area (Å²) in [6, 6.07) is 3.99. The highest BCUT2D eigenvalue weighted by Gasteiger charge is 2.31. The van der Waals surface area contributed by atoms with Crippen molar-refractivity contribution in [3.05, 3.63) is 24.0 Å². The Balaban J connectivity index is 2.05. The summed E-state index contributed by atoms with van der Waals surface area (Å²) >= 11 is 0. The number of anilines is 1. The molecule has 0 bridgehead atoms. The lowest BCUT2D eigenvalue weighted by Gasteiger charge is -2.27. The zero-order valence-electron chi connectivity index (χ0n) is 11.8. The maximum absolute atomic E-state index is 9.45. The highest BCUT2D eigenvalue weighted by atomic mass is 16.3. The van der Waals surface area contributed by atoms with Crippen molar-refractivity contribution in [3.8, 4) is 0 Å². The van der Waals surface area contributed by atoms with Gasteiger partial charge in [0.15, 0.2) is 0 Å². The molecular formula is C15H24N2O. The Kier molecular flexibility index (Phi) is 3.62. The number of hydrogen-bond acceptors (Lipinski definition) is 3. The van der Waals surface area contributed by atoms with Gasteiger partial charge < -0.3 is 10.0 Å². The maximum Gasteiger partial charge on any atom is 0.0931 e. The van der Waals surface area contributed by atoms with Gasteiger partial charge in [-0.25, -0.2) is 0 Å². The van der Waals surface area contributed by atoms with Crippen molar-refractivity contribution in [1.29, 1.82) is 0 Å². The van der Waals surface area contributed by atoms with Gasteiger partial charge in [0.05, 0.1) is 23.7 Å². The van der Waals surface area contributed by atoms with E-state index in [0.29, 0.717) is 5.41 Å². The lowest BCUT2D eigenvalue weighted by molar-refractivity contribution is 0.194. The Morgan fingerprint density at radius 3 is 2.56 bits per heavy atom.